The molecule has 0 aromatic heterocycles. The molecule has 1 heterocycles. The number of hydrogen-bond acceptors (Lipinski definition) is 2. The number of rotatable bonds is 3. The molecule has 7 heteroatoms. The maximum absolute atomic E-state index is 12.9. The molecule has 5 nitrogen and oxygen atoms in total. The summed E-state index contributed by atoms with van der Waals surface area (Å²) in [6.45, 7) is 1.70. The highest BCUT2D eigenvalue weighted by molar-refractivity contribution is 9.10. The molecular weight excluding hydrogens is 406 g/mol. The predicted octanol–water partition coefficient (Wildman–Crippen LogP) is 4.37. The van der Waals surface area contributed by atoms with Crippen LogP contribution in [0.4, 0.5) is 10.5 Å². The number of urea groups is 1. The van der Waals surface area contributed by atoms with Crippen molar-refractivity contribution in [2.24, 2.45) is 0 Å². The zero-order valence-electron chi connectivity index (χ0n) is 13.3. The van der Waals surface area contributed by atoms with Gasteiger partial charge in [-0.2, -0.15) is 0 Å². The monoisotopic (exact) mass is 419 g/mol. The van der Waals surface area contributed by atoms with Crippen molar-refractivity contribution in [1.82, 2.24) is 10.6 Å². The zero-order valence-corrected chi connectivity index (χ0v) is 15.6. The van der Waals surface area contributed by atoms with Gasteiger partial charge in [-0.15, -0.1) is 0 Å². The lowest BCUT2D eigenvalue weighted by atomic mass is 9.95. The van der Waals surface area contributed by atoms with Crippen molar-refractivity contribution in [1.29, 1.82) is 0 Å². The number of halogens is 2. The van der Waals surface area contributed by atoms with Crippen molar-refractivity contribution < 1.29 is 9.59 Å². The van der Waals surface area contributed by atoms with E-state index in [1.54, 1.807) is 31.2 Å². The second-order valence-electron chi connectivity index (χ2n) is 5.53. The third kappa shape index (κ3) is 3.70. The Morgan fingerprint density at radius 1 is 1.16 bits per heavy atom. The Hall–Kier alpha value is -2.31. The summed E-state index contributed by atoms with van der Waals surface area (Å²) in [5.41, 5.74) is 2.22. The van der Waals surface area contributed by atoms with Crippen LogP contribution in [0.15, 0.2) is 64.3 Å². The molecule has 0 radical (unpaired) electrons. The number of anilines is 1. The van der Waals surface area contributed by atoms with Crippen LogP contribution < -0.4 is 16.0 Å². The minimum Gasteiger partial charge on any atom is -0.327 e. The van der Waals surface area contributed by atoms with Gasteiger partial charge in [0.25, 0.3) is 5.91 Å². The Labute approximate surface area is 158 Å². The van der Waals surface area contributed by atoms with Crippen LogP contribution in [0, 0.1) is 0 Å². The Balaban J connectivity index is 1.99. The largest absolute Gasteiger partial charge is 0.327 e. The van der Waals surface area contributed by atoms with Crippen molar-refractivity contribution in [3.8, 4) is 0 Å². The Morgan fingerprint density at radius 2 is 1.84 bits per heavy atom. The number of hydrogen-bond donors (Lipinski definition) is 3. The van der Waals surface area contributed by atoms with E-state index >= 15 is 0 Å². The average Bonchev–Trinajstić information content (AvgIpc) is 2.56. The fourth-order valence-corrected chi connectivity index (χ4v) is 3.39. The molecule has 1 aliphatic heterocycles. The molecule has 1 atom stereocenters. The van der Waals surface area contributed by atoms with Gasteiger partial charge in [-0.3, -0.25) is 4.79 Å². The summed E-state index contributed by atoms with van der Waals surface area (Å²) in [6, 6.07) is 13.5. The van der Waals surface area contributed by atoms with Gasteiger partial charge in [-0.25, -0.2) is 4.79 Å². The lowest BCUT2D eigenvalue weighted by Crippen LogP contribution is -2.46. The summed E-state index contributed by atoms with van der Waals surface area (Å²) >= 11 is 9.60. The number of carbonyl (C=O) groups is 2. The molecule has 0 fully saturated rings. The zero-order chi connectivity index (χ0) is 18.0. The number of benzene rings is 2. The van der Waals surface area contributed by atoms with Crippen LogP contribution in [0.1, 0.15) is 18.5 Å². The summed E-state index contributed by atoms with van der Waals surface area (Å²) in [7, 11) is 0. The topological polar surface area (TPSA) is 70.2 Å². The number of carbonyl (C=O) groups excluding carboxylic acids is 2. The summed E-state index contributed by atoms with van der Waals surface area (Å²) < 4.78 is 0.804. The molecule has 3 N–H and O–H groups in total. The van der Waals surface area contributed by atoms with E-state index in [1.165, 1.54) is 0 Å². The van der Waals surface area contributed by atoms with Gasteiger partial charge in [0.1, 0.15) is 0 Å². The summed E-state index contributed by atoms with van der Waals surface area (Å²) in [4.78, 5) is 24.8. The highest BCUT2D eigenvalue weighted by atomic mass is 79.9. The van der Waals surface area contributed by atoms with E-state index in [4.69, 9.17) is 11.6 Å². The highest BCUT2D eigenvalue weighted by Crippen LogP contribution is 2.32. The molecule has 25 heavy (non-hydrogen) atoms. The standard InChI is InChI=1S/C18H15BrClN3O2/c1-10-15(17(24)22-14-9-5-4-8-13(14)20)16(23-18(25)21-10)11-6-2-3-7-12(11)19/h2-9,16H,1H3,(H,22,24)(H2,21,23,25)/t16-/m0/s1. The van der Waals surface area contributed by atoms with E-state index in [0.717, 1.165) is 10.0 Å². The maximum atomic E-state index is 12.9. The van der Waals surface area contributed by atoms with Crippen LogP contribution in [0.25, 0.3) is 0 Å². The first-order valence-corrected chi connectivity index (χ1v) is 8.73. The van der Waals surface area contributed by atoms with Crippen molar-refractivity contribution in [2.45, 2.75) is 13.0 Å². The second-order valence-corrected chi connectivity index (χ2v) is 6.79. The van der Waals surface area contributed by atoms with Gasteiger partial charge < -0.3 is 16.0 Å². The fourth-order valence-electron chi connectivity index (χ4n) is 2.69. The highest BCUT2D eigenvalue weighted by Gasteiger charge is 2.32. The van der Waals surface area contributed by atoms with E-state index < -0.39 is 6.04 Å². The average molecular weight is 421 g/mol. The van der Waals surface area contributed by atoms with Gasteiger partial charge in [0.2, 0.25) is 0 Å². The van der Waals surface area contributed by atoms with Crippen molar-refractivity contribution in [2.75, 3.05) is 5.32 Å². The molecule has 3 rings (SSSR count). The summed E-state index contributed by atoms with van der Waals surface area (Å²) in [6.07, 6.45) is 0. The van der Waals surface area contributed by atoms with Gasteiger partial charge in [0.15, 0.2) is 0 Å². The molecule has 0 saturated heterocycles. The molecule has 0 saturated carbocycles. The van der Waals surface area contributed by atoms with E-state index in [9.17, 15) is 9.59 Å². The first kappa shape index (κ1) is 17.5. The van der Waals surface area contributed by atoms with Crippen LogP contribution in [0.3, 0.4) is 0 Å². The minimum absolute atomic E-state index is 0.334. The Bertz CT molecular complexity index is 882. The van der Waals surface area contributed by atoms with Crippen molar-refractivity contribution in [3.63, 3.8) is 0 Å². The van der Waals surface area contributed by atoms with Gasteiger partial charge in [-0.05, 0) is 30.7 Å². The van der Waals surface area contributed by atoms with Crippen molar-refractivity contribution in [3.05, 3.63) is 74.9 Å². The minimum atomic E-state index is -0.577. The summed E-state index contributed by atoms with van der Waals surface area (Å²) in [5, 5.41) is 8.71. The van der Waals surface area contributed by atoms with Crippen LogP contribution in [0.2, 0.25) is 5.02 Å². The number of nitrogens with one attached hydrogen (secondary N) is 3. The first-order chi connectivity index (χ1) is 12.0. The second kappa shape index (κ2) is 7.29. The molecule has 2 aromatic carbocycles. The number of amides is 3. The predicted molar refractivity (Wildman–Crippen MR) is 101 cm³/mol. The maximum Gasteiger partial charge on any atom is 0.319 e. The molecule has 3 amide bonds. The van der Waals surface area contributed by atoms with E-state index in [-0.39, 0.29) is 11.9 Å². The van der Waals surface area contributed by atoms with E-state index in [0.29, 0.717) is 22.0 Å². The quantitative estimate of drug-likeness (QED) is 0.690. The molecule has 0 aliphatic carbocycles. The third-order valence-corrected chi connectivity index (χ3v) is 4.90. The Morgan fingerprint density at radius 3 is 2.56 bits per heavy atom. The van der Waals surface area contributed by atoms with E-state index in [2.05, 4.69) is 31.9 Å². The molecule has 2 aromatic rings. The number of allylic oxidation sites excluding steroid dienone is 1. The van der Waals surface area contributed by atoms with Gasteiger partial charge in [-0.1, -0.05) is 57.9 Å². The van der Waals surface area contributed by atoms with Gasteiger partial charge in [0, 0.05) is 10.2 Å². The molecule has 0 spiro atoms. The number of para-hydroxylation sites is 1. The van der Waals surface area contributed by atoms with E-state index in [1.807, 2.05) is 24.3 Å². The van der Waals surface area contributed by atoms with Crippen LogP contribution >= 0.6 is 27.5 Å². The van der Waals surface area contributed by atoms with Gasteiger partial charge in [0.05, 0.1) is 22.3 Å². The molecule has 0 bridgehead atoms. The normalized spacial score (nSPS) is 16.9. The van der Waals surface area contributed by atoms with Gasteiger partial charge >= 0.3 is 6.03 Å². The molecule has 1 aliphatic rings. The Kier molecular flexibility index (Phi) is 5.11. The lowest BCUT2D eigenvalue weighted by Gasteiger charge is -2.29. The van der Waals surface area contributed by atoms with Crippen LogP contribution in [-0.2, 0) is 4.79 Å². The SMILES string of the molecule is CC1=C(C(=O)Nc2ccccc2Cl)[C@H](c2ccccc2Br)NC(=O)N1. The van der Waals surface area contributed by atoms with Crippen LogP contribution in [0.5, 0.6) is 0 Å². The third-order valence-electron chi connectivity index (χ3n) is 3.85. The van der Waals surface area contributed by atoms with Crippen molar-refractivity contribution >= 4 is 45.2 Å². The summed E-state index contributed by atoms with van der Waals surface area (Å²) in [5.74, 6) is -0.334. The molecular formula is C18H15BrClN3O2. The first-order valence-electron chi connectivity index (χ1n) is 7.56. The molecule has 0 unspecified atom stereocenters. The molecule has 128 valence electrons. The lowest BCUT2D eigenvalue weighted by molar-refractivity contribution is -0.113. The van der Waals surface area contributed by atoms with Crippen LogP contribution in [-0.4, -0.2) is 11.9 Å². The fraction of sp³-hybridized carbons (Fsp3) is 0.111. The smallest absolute Gasteiger partial charge is 0.319 e.